The van der Waals surface area contributed by atoms with Gasteiger partial charge in [0.1, 0.15) is 11.4 Å². The van der Waals surface area contributed by atoms with Crippen molar-refractivity contribution in [1.82, 2.24) is 0 Å². The van der Waals surface area contributed by atoms with E-state index in [0.29, 0.717) is 30.6 Å². The van der Waals surface area contributed by atoms with E-state index in [4.69, 9.17) is 9.84 Å². The van der Waals surface area contributed by atoms with Gasteiger partial charge in [0.15, 0.2) is 5.60 Å². The van der Waals surface area contributed by atoms with E-state index in [0.717, 1.165) is 0 Å². The second-order valence-corrected chi connectivity index (χ2v) is 7.52. The lowest BCUT2D eigenvalue weighted by Gasteiger charge is -2.28. The zero-order chi connectivity index (χ0) is 19.4. The Bertz CT molecular complexity index is 616. The summed E-state index contributed by atoms with van der Waals surface area (Å²) in [6, 6.07) is 4.52. The first-order valence-electron chi connectivity index (χ1n) is 8.39. The molecule has 1 N–H and O–H groups in total. The summed E-state index contributed by atoms with van der Waals surface area (Å²) in [6.45, 7) is 12.4. The molecule has 0 heterocycles. The molecule has 0 aromatic heterocycles. The smallest absolute Gasteiger partial charge is 0.347 e. The number of aliphatic carboxylic acids is 1. The van der Waals surface area contributed by atoms with Gasteiger partial charge >= 0.3 is 5.97 Å². The Kier molecular flexibility index (Phi) is 6.78. The van der Waals surface area contributed by atoms with Crippen LogP contribution in [0.25, 0.3) is 0 Å². The molecule has 1 rings (SSSR count). The van der Waals surface area contributed by atoms with Gasteiger partial charge in [-0.3, -0.25) is 10.1 Å². The number of nitro benzene ring substituents is 1. The van der Waals surface area contributed by atoms with E-state index in [1.54, 1.807) is 12.1 Å². The first-order chi connectivity index (χ1) is 11.4. The molecule has 0 aliphatic heterocycles. The highest BCUT2D eigenvalue weighted by molar-refractivity contribution is 5.77. The molecule has 0 aliphatic rings. The first kappa shape index (κ1) is 20.7. The SMILES string of the molecule is CC(C)CN(CC(C)C)c1ccc(OC(C)(C)C(=O)O)cc1[N+](=O)[O-]. The minimum absolute atomic E-state index is 0.0833. The Labute approximate surface area is 148 Å². The van der Waals surface area contributed by atoms with Gasteiger partial charge in [-0.15, -0.1) is 0 Å². The van der Waals surface area contributed by atoms with E-state index in [-0.39, 0.29) is 11.4 Å². The average Bonchev–Trinajstić information content (AvgIpc) is 2.44. The van der Waals surface area contributed by atoms with Crippen molar-refractivity contribution in [2.24, 2.45) is 11.8 Å². The van der Waals surface area contributed by atoms with Crippen LogP contribution >= 0.6 is 0 Å². The average molecular weight is 352 g/mol. The number of carboxylic acids is 1. The van der Waals surface area contributed by atoms with Crippen LogP contribution in [0, 0.1) is 22.0 Å². The molecule has 0 saturated heterocycles. The Balaban J connectivity index is 3.27. The van der Waals surface area contributed by atoms with Gasteiger partial charge in [0.05, 0.1) is 11.0 Å². The predicted molar refractivity (Wildman–Crippen MR) is 97.3 cm³/mol. The summed E-state index contributed by atoms with van der Waals surface area (Å²) < 4.78 is 5.43. The lowest BCUT2D eigenvalue weighted by molar-refractivity contribution is -0.384. The van der Waals surface area contributed by atoms with Crippen LogP contribution in [0.2, 0.25) is 0 Å². The zero-order valence-corrected chi connectivity index (χ0v) is 15.8. The molecule has 7 heteroatoms. The van der Waals surface area contributed by atoms with Gasteiger partial charge < -0.3 is 14.7 Å². The number of nitrogens with zero attached hydrogens (tertiary/aromatic N) is 2. The van der Waals surface area contributed by atoms with Gasteiger partial charge in [0.2, 0.25) is 0 Å². The Morgan fingerprint density at radius 3 is 2.16 bits per heavy atom. The van der Waals surface area contributed by atoms with Crippen LogP contribution in [0.1, 0.15) is 41.5 Å². The summed E-state index contributed by atoms with van der Waals surface area (Å²) in [5.41, 5.74) is -1.03. The summed E-state index contributed by atoms with van der Waals surface area (Å²) in [7, 11) is 0. The zero-order valence-electron chi connectivity index (χ0n) is 15.8. The van der Waals surface area contributed by atoms with Crippen LogP contribution in [-0.4, -0.2) is 34.7 Å². The van der Waals surface area contributed by atoms with Gasteiger partial charge in [0, 0.05) is 13.1 Å². The maximum absolute atomic E-state index is 11.6. The molecule has 1 aromatic rings. The lowest BCUT2D eigenvalue weighted by Crippen LogP contribution is -2.38. The highest BCUT2D eigenvalue weighted by Gasteiger charge is 2.31. The molecule has 140 valence electrons. The molecule has 0 atom stereocenters. The topological polar surface area (TPSA) is 92.9 Å². The fourth-order valence-electron chi connectivity index (χ4n) is 2.47. The van der Waals surface area contributed by atoms with Gasteiger partial charge in [-0.1, -0.05) is 27.7 Å². The minimum Gasteiger partial charge on any atom is -0.478 e. The number of benzene rings is 1. The Hall–Kier alpha value is -2.31. The fourth-order valence-corrected chi connectivity index (χ4v) is 2.47. The molecule has 0 amide bonds. The standard InChI is InChI=1S/C18H28N2O5/c1-12(2)10-19(11-13(3)4)15-8-7-14(9-16(15)20(23)24)25-18(5,6)17(21)22/h7-9,12-13H,10-11H2,1-6H3,(H,21,22). The van der Waals surface area contributed by atoms with Crippen LogP contribution in [0.15, 0.2) is 18.2 Å². The highest BCUT2D eigenvalue weighted by atomic mass is 16.6. The van der Waals surface area contributed by atoms with Crippen molar-refractivity contribution in [3.63, 3.8) is 0 Å². The van der Waals surface area contributed by atoms with Crippen molar-refractivity contribution >= 4 is 17.3 Å². The Morgan fingerprint density at radius 1 is 1.24 bits per heavy atom. The van der Waals surface area contributed by atoms with Crippen LogP contribution in [0.3, 0.4) is 0 Å². The molecule has 1 aromatic carbocycles. The molecule has 25 heavy (non-hydrogen) atoms. The molecular formula is C18H28N2O5. The summed E-state index contributed by atoms with van der Waals surface area (Å²) in [4.78, 5) is 24.3. The number of hydrogen-bond donors (Lipinski definition) is 1. The van der Waals surface area contributed by atoms with Crippen molar-refractivity contribution in [1.29, 1.82) is 0 Å². The number of carbonyl (C=O) groups is 1. The number of ether oxygens (including phenoxy) is 1. The highest BCUT2D eigenvalue weighted by Crippen LogP contribution is 2.34. The van der Waals surface area contributed by atoms with Gasteiger partial charge in [-0.25, -0.2) is 4.79 Å². The normalized spacial score (nSPS) is 11.7. The van der Waals surface area contributed by atoms with Gasteiger partial charge in [-0.05, 0) is 37.8 Å². The van der Waals surface area contributed by atoms with Crippen LogP contribution in [-0.2, 0) is 4.79 Å². The Morgan fingerprint density at radius 2 is 1.76 bits per heavy atom. The van der Waals surface area contributed by atoms with Crippen molar-refractivity contribution in [2.75, 3.05) is 18.0 Å². The van der Waals surface area contributed by atoms with Crippen LogP contribution < -0.4 is 9.64 Å². The number of anilines is 1. The number of hydrogen-bond acceptors (Lipinski definition) is 5. The predicted octanol–water partition coefficient (Wildman–Crippen LogP) is 3.96. The number of nitro groups is 1. The molecule has 0 saturated carbocycles. The van der Waals surface area contributed by atoms with E-state index in [1.807, 2.05) is 4.90 Å². The van der Waals surface area contributed by atoms with Gasteiger partial charge in [-0.2, -0.15) is 0 Å². The third-order valence-corrected chi connectivity index (χ3v) is 3.54. The second kappa shape index (κ2) is 8.18. The summed E-state index contributed by atoms with van der Waals surface area (Å²) in [6.07, 6.45) is 0. The molecule has 7 nitrogen and oxygen atoms in total. The molecule has 0 fully saturated rings. The van der Waals surface area contributed by atoms with E-state index in [2.05, 4.69) is 27.7 Å². The van der Waals surface area contributed by atoms with Crippen molar-refractivity contribution in [3.05, 3.63) is 28.3 Å². The number of rotatable bonds is 9. The van der Waals surface area contributed by atoms with Crippen LogP contribution in [0.5, 0.6) is 5.75 Å². The molecule has 0 spiro atoms. The van der Waals surface area contributed by atoms with Crippen molar-refractivity contribution in [2.45, 2.75) is 47.1 Å². The minimum atomic E-state index is -1.47. The third-order valence-electron chi connectivity index (χ3n) is 3.54. The maximum atomic E-state index is 11.6. The molecule has 0 radical (unpaired) electrons. The van der Waals surface area contributed by atoms with E-state index in [9.17, 15) is 14.9 Å². The van der Waals surface area contributed by atoms with Crippen molar-refractivity contribution < 1.29 is 19.6 Å². The summed E-state index contributed by atoms with van der Waals surface area (Å²) >= 11 is 0. The van der Waals surface area contributed by atoms with Crippen LogP contribution in [0.4, 0.5) is 11.4 Å². The van der Waals surface area contributed by atoms with E-state index < -0.39 is 16.5 Å². The fraction of sp³-hybridized carbons (Fsp3) is 0.611. The third kappa shape index (κ3) is 5.92. The molecular weight excluding hydrogens is 324 g/mol. The lowest BCUT2D eigenvalue weighted by atomic mass is 10.1. The summed E-state index contributed by atoms with van der Waals surface area (Å²) in [5.74, 6) is -0.280. The first-order valence-corrected chi connectivity index (χ1v) is 8.39. The molecule has 0 unspecified atom stereocenters. The second-order valence-electron chi connectivity index (χ2n) is 7.52. The molecule has 0 bridgehead atoms. The quantitative estimate of drug-likeness (QED) is 0.534. The van der Waals surface area contributed by atoms with E-state index >= 15 is 0 Å². The monoisotopic (exact) mass is 352 g/mol. The summed E-state index contributed by atoms with van der Waals surface area (Å²) in [5, 5.41) is 20.7. The van der Waals surface area contributed by atoms with E-state index in [1.165, 1.54) is 19.9 Å². The molecule has 0 aliphatic carbocycles. The number of carboxylic acid groups (broad SMARTS) is 1. The maximum Gasteiger partial charge on any atom is 0.347 e. The van der Waals surface area contributed by atoms with Crippen molar-refractivity contribution in [3.8, 4) is 5.75 Å². The largest absolute Gasteiger partial charge is 0.478 e. The van der Waals surface area contributed by atoms with Gasteiger partial charge in [0.25, 0.3) is 5.69 Å².